The summed E-state index contributed by atoms with van der Waals surface area (Å²) in [6.07, 6.45) is 0.883. The van der Waals surface area contributed by atoms with E-state index >= 15 is 0 Å². The zero-order valence-corrected chi connectivity index (χ0v) is 17.1. The van der Waals surface area contributed by atoms with Gasteiger partial charge in [-0.1, -0.05) is 31.2 Å². The van der Waals surface area contributed by atoms with Crippen molar-refractivity contribution in [3.8, 4) is 5.75 Å². The molecule has 0 saturated heterocycles. The Labute approximate surface area is 166 Å². The maximum absolute atomic E-state index is 12.5. The molecular formula is C22H30N3O3+. The number of hydrogen-bond acceptors (Lipinski definition) is 3. The Morgan fingerprint density at radius 1 is 0.929 bits per heavy atom. The molecule has 0 saturated carbocycles. The molecule has 0 aliphatic heterocycles. The highest BCUT2D eigenvalue weighted by atomic mass is 16.5. The number of rotatable bonds is 9. The van der Waals surface area contributed by atoms with Crippen LogP contribution in [0.25, 0.3) is 0 Å². The number of ether oxygens (including phenoxy) is 1. The van der Waals surface area contributed by atoms with E-state index in [9.17, 15) is 9.59 Å². The lowest BCUT2D eigenvalue weighted by atomic mass is 10.1. The number of aryl methyl sites for hydroxylation is 1. The van der Waals surface area contributed by atoms with Gasteiger partial charge in [-0.25, -0.2) is 0 Å². The number of carbonyl (C=O) groups is 2. The highest BCUT2D eigenvalue weighted by Crippen LogP contribution is 2.22. The Kier molecular flexibility index (Phi) is 8.02. The Hall–Kier alpha value is -2.86. The Bertz CT molecular complexity index is 820. The molecule has 0 aliphatic rings. The second kappa shape index (κ2) is 10.5. The van der Waals surface area contributed by atoms with Gasteiger partial charge in [0.2, 0.25) is 0 Å². The average molecular weight is 385 g/mol. The van der Waals surface area contributed by atoms with E-state index in [2.05, 4.69) is 10.6 Å². The molecule has 6 heteroatoms. The normalized spacial score (nSPS) is 11.6. The Morgan fingerprint density at radius 3 is 2.18 bits per heavy atom. The fraction of sp³-hybridized carbons (Fsp3) is 0.364. The lowest BCUT2D eigenvalue weighted by Crippen LogP contribution is -3.14. The van der Waals surface area contributed by atoms with E-state index in [1.807, 2.05) is 51.1 Å². The number of anilines is 2. The third-order valence-electron chi connectivity index (χ3n) is 4.68. The maximum atomic E-state index is 12.5. The van der Waals surface area contributed by atoms with E-state index in [0.29, 0.717) is 11.4 Å². The number of para-hydroxylation sites is 2. The van der Waals surface area contributed by atoms with Gasteiger partial charge in [-0.05, 0) is 49.6 Å². The van der Waals surface area contributed by atoms with Crippen LogP contribution in [0.3, 0.4) is 0 Å². The van der Waals surface area contributed by atoms with Crippen LogP contribution in [0.15, 0.2) is 42.5 Å². The maximum Gasteiger partial charge on any atom is 0.279 e. The van der Waals surface area contributed by atoms with Gasteiger partial charge in [0, 0.05) is 5.69 Å². The number of quaternary nitrogens is 1. The summed E-state index contributed by atoms with van der Waals surface area (Å²) in [6, 6.07) is 13.1. The first-order chi connectivity index (χ1) is 13.4. The second-order valence-corrected chi connectivity index (χ2v) is 6.90. The summed E-state index contributed by atoms with van der Waals surface area (Å²) in [5, 5.41) is 5.84. The zero-order chi connectivity index (χ0) is 20.5. The van der Waals surface area contributed by atoms with Crippen LogP contribution in [-0.4, -0.2) is 38.6 Å². The van der Waals surface area contributed by atoms with Crippen molar-refractivity contribution >= 4 is 23.2 Å². The first kappa shape index (κ1) is 21.4. The molecule has 2 aromatic rings. The molecule has 0 heterocycles. The molecule has 3 N–H and O–H groups in total. The number of carbonyl (C=O) groups excluding carboxylic acids is 2. The molecule has 150 valence electrons. The van der Waals surface area contributed by atoms with E-state index in [1.165, 1.54) is 0 Å². The quantitative estimate of drug-likeness (QED) is 0.621. The van der Waals surface area contributed by atoms with Crippen LogP contribution in [-0.2, 0) is 9.59 Å². The summed E-state index contributed by atoms with van der Waals surface area (Å²) in [7, 11) is 1.57. The molecule has 1 atom stereocenters. The van der Waals surface area contributed by atoms with Gasteiger partial charge in [0.25, 0.3) is 11.8 Å². The molecule has 0 spiro atoms. The summed E-state index contributed by atoms with van der Waals surface area (Å²) in [4.78, 5) is 25.9. The fourth-order valence-electron chi connectivity index (χ4n) is 3.07. The molecule has 2 rings (SSSR count). The van der Waals surface area contributed by atoms with E-state index in [0.717, 1.165) is 34.7 Å². The smallest absolute Gasteiger partial charge is 0.279 e. The van der Waals surface area contributed by atoms with Crippen LogP contribution in [0.4, 0.5) is 11.4 Å². The van der Waals surface area contributed by atoms with Gasteiger partial charge >= 0.3 is 0 Å². The minimum atomic E-state index is -0.146. The van der Waals surface area contributed by atoms with Crippen LogP contribution < -0.4 is 20.3 Å². The fourth-order valence-corrected chi connectivity index (χ4v) is 3.07. The first-order valence-electron chi connectivity index (χ1n) is 9.57. The lowest BCUT2D eigenvalue weighted by molar-refractivity contribution is -0.883. The van der Waals surface area contributed by atoms with Gasteiger partial charge in [0.1, 0.15) is 5.75 Å². The van der Waals surface area contributed by atoms with Gasteiger partial charge in [-0.2, -0.15) is 0 Å². The van der Waals surface area contributed by atoms with E-state index in [-0.39, 0.29) is 24.9 Å². The van der Waals surface area contributed by atoms with Gasteiger partial charge in [-0.15, -0.1) is 0 Å². The molecule has 2 amide bonds. The van der Waals surface area contributed by atoms with Crippen molar-refractivity contribution < 1.29 is 19.2 Å². The third-order valence-corrected chi connectivity index (χ3v) is 4.68. The van der Waals surface area contributed by atoms with E-state index < -0.39 is 0 Å². The Balaban J connectivity index is 1.97. The van der Waals surface area contributed by atoms with Crippen molar-refractivity contribution in [2.24, 2.45) is 0 Å². The van der Waals surface area contributed by atoms with Crippen LogP contribution in [0.2, 0.25) is 0 Å². The predicted molar refractivity (Wildman–Crippen MR) is 112 cm³/mol. The van der Waals surface area contributed by atoms with Crippen molar-refractivity contribution in [2.75, 3.05) is 37.4 Å². The first-order valence-corrected chi connectivity index (χ1v) is 9.57. The molecule has 0 bridgehead atoms. The summed E-state index contributed by atoms with van der Waals surface area (Å²) >= 11 is 0. The largest absolute Gasteiger partial charge is 0.495 e. The zero-order valence-electron chi connectivity index (χ0n) is 17.1. The van der Waals surface area contributed by atoms with Crippen molar-refractivity contribution in [3.63, 3.8) is 0 Å². The van der Waals surface area contributed by atoms with Crippen LogP contribution in [0.1, 0.15) is 24.5 Å². The number of methoxy groups -OCH3 is 1. The molecule has 6 nitrogen and oxygen atoms in total. The highest BCUT2D eigenvalue weighted by molar-refractivity contribution is 5.94. The molecule has 0 radical (unpaired) electrons. The van der Waals surface area contributed by atoms with E-state index in [4.69, 9.17) is 4.74 Å². The monoisotopic (exact) mass is 384 g/mol. The predicted octanol–water partition coefficient (Wildman–Crippen LogP) is 2.18. The SMILES string of the molecule is CCC[NH+](CC(=O)Nc1ccccc1OC)CC(=O)Nc1cccc(C)c1C. The number of amides is 2. The molecule has 0 aliphatic carbocycles. The van der Waals surface area contributed by atoms with Crippen LogP contribution >= 0.6 is 0 Å². The molecule has 0 fully saturated rings. The standard InChI is InChI=1S/C22H29N3O3/c1-5-13-25(14-21(26)23-18-11-8-9-16(2)17(18)3)15-22(27)24-19-10-6-7-12-20(19)28-4/h6-12H,5,13-15H2,1-4H3,(H,23,26)(H,24,27)/p+1. The Morgan fingerprint density at radius 2 is 1.54 bits per heavy atom. The third kappa shape index (κ3) is 6.09. The minimum absolute atomic E-state index is 0.0951. The van der Waals surface area contributed by atoms with Crippen molar-refractivity contribution in [3.05, 3.63) is 53.6 Å². The molecule has 28 heavy (non-hydrogen) atoms. The lowest BCUT2D eigenvalue weighted by Gasteiger charge is -2.19. The number of hydrogen-bond donors (Lipinski definition) is 3. The summed E-state index contributed by atoms with van der Waals surface area (Å²) < 4.78 is 5.26. The van der Waals surface area contributed by atoms with Gasteiger partial charge in [-0.3, -0.25) is 9.59 Å². The van der Waals surface area contributed by atoms with Gasteiger partial charge in [0.05, 0.1) is 19.3 Å². The van der Waals surface area contributed by atoms with Gasteiger partial charge < -0.3 is 20.3 Å². The van der Waals surface area contributed by atoms with Crippen molar-refractivity contribution in [1.82, 2.24) is 0 Å². The number of benzene rings is 2. The number of nitrogens with one attached hydrogen (secondary N) is 3. The summed E-state index contributed by atoms with van der Waals surface area (Å²) in [6.45, 7) is 7.23. The van der Waals surface area contributed by atoms with Crippen LogP contribution in [0, 0.1) is 13.8 Å². The van der Waals surface area contributed by atoms with Gasteiger partial charge in [0.15, 0.2) is 13.1 Å². The minimum Gasteiger partial charge on any atom is -0.495 e. The summed E-state index contributed by atoms with van der Waals surface area (Å²) in [5.74, 6) is 0.371. The van der Waals surface area contributed by atoms with Crippen LogP contribution in [0.5, 0.6) is 5.75 Å². The average Bonchev–Trinajstić information content (AvgIpc) is 2.66. The summed E-state index contributed by atoms with van der Waals surface area (Å²) in [5.41, 5.74) is 3.64. The molecule has 2 aromatic carbocycles. The molecule has 0 aromatic heterocycles. The van der Waals surface area contributed by atoms with Crippen molar-refractivity contribution in [2.45, 2.75) is 27.2 Å². The van der Waals surface area contributed by atoms with E-state index in [1.54, 1.807) is 19.2 Å². The molecular weight excluding hydrogens is 354 g/mol. The molecule has 1 unspecified atom stereocenters. The van der Waals surface area contributed by atoms with Crippen molar-refractivity contribution in [1.29, 1.82) is 0 Å². The second-order valence-electron chi connectivity index (χ2n) is 6.90. The topological polar surface area (TPSA) is 71.9 Å². The highest BCUT2D eigenvalue weighted by Gasteiger charge is 2.19.